The zero-order chi connectivity index (χ0) is 14.1. The number of non-ortho nitro benzene ring substituents is 1. The summed E-state index contributed by atoms with van der Waals surface area (Å²) in [5.74, 6) is 0.405. The predicted molar refractivity (Wildman–Crippen MR) is 73.0 cm³/mol. The van der Waals surface area contributed by atoms with Crippen molar-refractivity contribution in [2.45, 2.75) is 9.92 Å². The number of halogens is 1. The molecule has 0 saturated heterocycles. The molecule has 1 aromatic carbocycles. The van der Waals surface area contributed by atoms with Crippen LogP contribution in [0.2, 0.25) is 5.15 Å². The smallest absolute Gasteiger partial charge is 0.258 e. The van der Waals surface area contributed by atoms with Crippen LogP contribution >= 0.6 is 23.4 Å². The van der Waals surface area contributed by atoms with Crippen LogP contribution < -0.4 is 0 Å². The maximum atomic E-state index is 10.6. The summed E-state index contributed by atoms with van der Waals surface area (Å²) in [4.78, 5) is 19.0. The molecule has 0 radical (unpaired) electrons. The zero-order valence-corrected chi connectivity index (χ0v) is 11.4. The van der Waals surface area contributed by atoms with Gasteiger partial charge in [-0.05, 0) is 12.1 Å². The van der Waals surface area contributed by atoms with Crippen LogP contribution in [0.1, 0.15) is 0 Å². The van der Waals surface area contributed by atoms with Gasteiger partial charge in [-0.15, -0.1) is 0 Å². The lowest BCUT2D eigenvalue weighted by Crippen LogP contribution is -1.95. The van der Waals surface area contributed by atoms with Crippen LogP contribution in [-0.4, -0.2) is 24.5 Å². The Morgan fingerprint density at radius 3 is 2.75 bits per heavy atom. The molecule has 100 valence electrons. The van der Waals surface area contributed by atoms with Crippen molar-refractivity contribution in [3.63, 3.8) is 0 Å². The van der Waals surface area contributed by atoms with E-state index in [1.165, 1.54) is 30.2 Å². The van der Waals surface area contributed by atoms with Crippen molar-refractivity contribution in [1.82, 2.24) is 19.6 Å². The molecule has 0 aliphatic heterocycles. The van der Waals surface area contributed by atoms with Gasteiger partial charge in [-0.3, -0.25) is 10.1 Å². The second-order valence-corrected chi connectivity index (χ2v) is 5.22. The Labute approximate surface area is 121 Å². The van der Waals surface area contributed by atoms with E-state index in [4.69, 9.17) is 11.6 Å². The van der Waals surface area contributed by atoms with Crippen LogP contribution in [0.5, 0.6) is 0 Å². The normalized spacial score (nSPS) is 10.8. The molecule has 0 amide bonds. The maximum absolute atomic E-state index is 10.6. The Balaban J connectivity index is 1.96. The number of aromatic nitrogens is 4. The van der Waals surface area contributed by atoms with E-state index in [-0.39, 0.29) is 5.69 Å². The minimum Gasteiger partial charge on any atom is -0.258 e. The molecule has 0 saturated carbocycles. The molecule has 2 aromatic heterocycles. The average Bonchev–Trinajstić information content (AvgIpc) is 2.87. The number of nitro benzene ring substituents is 1. The van der Waals surface area contributed by atoms with Crippen molar-refractivity contribution >= 4 is 34.8 Å². The van der Waals surface area contributed by atoms with Crippen molar-refractivity contribution in [2.75, 3.05) is 0 Å². The van der Waals surface area contributed by atoms with Crippen molar-refractivity contribution in [1.29, 1.82) is 0 Å². The minimum atomic E-state index is -0.437. The first-order valence-corrected chi connectivity index (χ1v) is 6.61. The van der Waals surface area contributed by atoms with E-state index in [0.29, 0.717) is 10.9 Å². The van der Waals surface area contributed by atoms with E-state index in [9.17, 15) is 10.1 Å². The first-order chi connectivity index (χ1) is 9.63. The molecule has 0 atom stereocenters. The number of hydrogen-bond acceptors (Lipinski definition) is 6. The van der Waals surface area contributed by atoms with Gasteiger partial charge in [-0.2, -0.15) is 19.6 Å². The van der Waals surface area contributed by atoms with Crippen LogP contribution in [0, 0.1) is 10.1 Å². The fraction of sp³-hybridized carbons (Fsp3) is 0. The fourth-order valence-electron chi connectivity index (χ4n) is 1.59. The molecule has 2 heterocycles. The Bertz CT molecular complexity index is 789. The van der Waals surface area contributed by atoms with Crippen molar-refractivity contribution in [2.24, 2.45) is 0 Å². The molecular formula is C11H6ClN5O2S. The summed E-state index contributed by atoms with van der Waals surface area (Å²) in [5.41, 5.74) is 0.0491. The summed E-state index contributed by atoms with van der Waals surface area (Å²) in [6.45, 7) is 0. The Hall–Kier alpha value is -2.19. The number of benzene rings is 1. The second kappa shape index (κ2) is 5.06. The van der Waals surface area contributed by atoms with Gasteiger partial charge in [-0.1, -0.05) is 23.4 Å². The molecule has 20 heavy (non-hydrogen) atoms. The fourth-order valence-corrected chi connectivity index (χ4v) is 2.73. The van der Waals surface area contributed by atoms with Gasteiger partial charge in [0.2, 0.25) is 0 Å². The molecule has 0 fully saturated rings. The lowest BCUT2D eigenvalue weighted by molar-refractivity contribution is -0.384. The SMILES string of the molecule is O=[N+]([O-])c1ccc(Sc2cc(Cl)nc3ncnn23)cc1. The largest absolute Gasteiger partial charge is 0.269 e. The number of nitro groups is 1. The monoisotopic (exact) mass is 307 g/mol. The Morgan fingerprint density at radius 2 is 2.05 bits per heavy atom. The van der Waals surface area contributed by atoms with Gasteiger partial charge in [-0.25, -0.2) is 0 Å². The molecule has 0 bridgehead atoms. The van der Waals surface area contributed by atoms with Crippen LogP contribution in [0.25, 0.3) is 5.78 Å². The molecular weight excluding hydrogens is 302 g/mol. The molecule has 3 rings (SSSR count). The van der Waals surface area contributed by atoms with Gasteiger partial charge in [0.25, 0.3) is 11.5 Å². The zero-order valence-electron chi connectivity index (χ0n) is 9.80. The number of hydrogen-bond donors (Lipinski definition) is 0. The standard InChI is InChI=1S/C11H6ClN5O2S/c12-9-5-10(16-11(15-9)13-6-14-16)20-8-3-1-7(2-4-8)17(18)19/h1-6H. The summed E-state index contributed by atoms with van der Waals surface area (Å²) < 4.78 is 1.55. The van der Waals surface area contributed by atoms with Gasteiger partial charge < -0.3 is 0 Å². The summed E-state index contributed by atoms with van der Waals surface area (Å²) >= 11 is 7.29. The lowest BCUT2D eigenvalue weighted by Gasteiger charge is -2.04. The van der Waals surface area contributed by atoms with E-state index in [1.54, 1.807) is 22.7 Å². The van der Waals surface area contributed by atoms with Crippen LogP contribution in [0.3, 0.4) is 0 Å². The van der Waals surface area contributed by atoms with Gasteiger partial charge in [0, 0.05) is 23.1 Å². The van der Waals surface area contributed by atoms with E-state index in [2.05, 4.69) is 15.1 Å². The van der Waals surface area contributed by atoms with Crippen molar-refractivity contribution < 1.29 is 4.92 Å². The predicted octanol–water partition coefficient (Wildman–Crippen LogP) is 2.84. The van der Waals surface area contributed by atoms with Crippen LogP contribution in [0.4, 0.5) is 5.69 Å². The van der Waals surface area contributed by atoms with E-state index in [0.717, 1.165) is 9.92 Å². The number of rotatable bonds is 3. The third kappa shape index (κ3) is 2.43. The summed E-state index contributed by atoms with van der Waals surface area (Å²) in [7, 11) is 0. The molecule has 3 aromatic rings. The molecule has 0 N–H and O–H groups in total. The lowest BCUT2D eigenvalue weighted by atomic mass is 10.3. The molecule has 9 heteroatoms. The highest BCUT2D eigenvalue weighted by Crippen LogP contribution is 2.29. The van der Waals surface area contributed by atoms with E-state index >= 15 is 0 Å². The highest BCUT2D eigenvalue weighted by molar-refractivity contribution is 7.99. The van der Waals surface area contributed by atoms with Crippen LogP contribution in [0.15, 0.2) is 46.6 Å². The van der Waals surface area contributed by atoms with E-state index in [1.807, 2.05) is 0 Å². The van der Waals surface area contributed by atoms with E-state index < -0.39 is 4.92 Å². The van der Waals surface area contributed by atoms with Crippen molar-refractivity contribution in [3.05, 3.63) is 51.9 Å². The van der Waals surface area contributed by atoms with Crippen molar-refractivity contribution in [3.8, 4) is 0 Å². The third-order valence-electron chi connectivity index (χ3n) is 2.46. The molecule has 0 unspecified atom stereocenters. The molecule has 7 nitrogen and oxygen atoms in total. The summed E-state index contributed by atoms with van der Waals surface area (Å²) in [6.07, 6.45) is 1.39. The quantitative estimate of drug-likeness (QED) is 0.420. The van der Waals surface area contributed by atoms with Gasteiger partial charge in [0.15, 0.2) is 0 Å². The topological polar surface area (TPSA) is 86.2 Å². The molecule has 0 spiro atoms. The number of fused-ring (bicyclic) bond motifs is 1. The first kappa shape index (κ1) is 12.8. The minimum absolute atomic E-state index is 0.0491. The Morgan fingerprint density at radius 1 is 1.30 bits per heavy atom. The first-order valence-electron chi connectivity index (χ1n) is 5.42. The maximum Gasteiger partial charge on any atom is 0.269 e. The highest BCUT2D eigenvalue weighted by Gasteiger charge is 2.09. The third-order valence-corrected chi connectivity index (χ3v) is 3.66. The second-order valence-electron chi connectivity index (χ2n) is 3.74. The molecule has 0 aliphatic rings. The summed E-state index contributed by atoms with van der Waals surface area (Å²) in [6, 6.07) is 7.89. The highest BCUT2D eigenvalue weighted by atomic mass is 35.5. The number of nitrogens with zero attached hydrogens (tertiary/aromatic N) is 5. The Kier molecular flexibility index (Phi) is 3.25. The van der Waals surface area contributed by atoms with Crippen LogP contribution in [-0.2, 0) is 0 Å². The summed E-state index contributed by atoms with van der Waals surface area (Å²) in [5, 5.41) is 15.7. The van der Waals surface area contributed by atoms with Gasteiger partial charge in [0.1, 0.15) is 16.5 Å². The van der Waals surface area contributed by atoms with Gasteiger partial charge >= 0.3 is 0 Å². The van der Waals surface area contributed by atoms with Gasteiger partial charge in [0.05, 0.1) is 4.92 Å². The average molecular weight is 308 g/mol. The molecule has 0 aliphatic carbocycles.